The zero-order valence-electron chi connectivity index (χ0n) is 22.4. The first-order valence-corrected chi connectivity index (χ1v) is 13.5. The zero-order chi connectivity index (χ0) is 27.2. The maximum absolute atomic E-state index is 13.5. The first kappa shape index (κ1) is 26.4. The summed E-state index contributed by atoms with van der Waals surface area (Å²) in [7, 11) is 0. The van der Waals surface area contributed by atoms with Gasteiger partial charge >= 0.3 is 0 Å². The fraction of sp³-hybridized carbons (Fsp3) is 0.242. The van der Waals surface area contributed by atoms with E-state index in [9.17, 15) is 4.39 Å². The standard InChI is InChI=1S/C33H34FN5/c1-23-9-10-27(28-15-26(19-36-20-28)22-39-13-4-3-5-14-39)18-32(23)33(35)24(2)38-31-12-11-30(37-21-31)17-25-7-6-8-29(34)16-25/h6-12,15-16,18-21,35,38H,2-5,13-14,17,22H2,1H3. The molecule has 0 radical (unpaired) electrons. The highest BCUT2D eigenvalue weighted by Crippen LogP contribution is 2.25. The van der Waals surface area contributed by atoms with Crippen molar-refractivity contribution in [3.8, 4) is 11.1 Å². The maximum Gasteiger partial charge on any atom is 0.123 e. The van der Waals surface area contributed by atoms with Crippen LogP contribution in [0.3, 0.4) is 0 Å². The number of benzene rings is 2. The number of piperidine rings is 1. The molecule has 6 heteroatoms. The summed E-state index contributed by atoms with van der Waals surface area (Å²) in [6, 6.07) is 18.8. The molecule has 0 atom stereocenters. The second kappa shape index (κ2) is 12.1. The molecular weight excluding hydrogens is 485 g/mol. The fourth-order valence-electron chi connectivity index (χ4n) is 5.04. The molecule has 39 heavy (non-hydrogen) atoms. The van der Waals surface area contributed by atoms with Gasteiger partial charge in [-0.05, 0) is 91.5 Å². The van der Waals surface area contributed by atoms with Gasteiger partial charge in [0.25, 0.3) is 0 Å². The Kier molecular flexibility index (Phi) is 8.23. The van der Waals surface area contributed by atoms with E-state index in [1.807, 2.05) is 49.6 Å². The van der Waals surface area contributed by atoms with Crippen molar-refractivity contribution >= 4 is 11.4 Å². The monoisotopic (exact) mass is 519 g/mol. The molecule has 0 unspecified atom stereocenters. The number of hydrogen-bond acceptors (Lipinski definition) is 5. The molecule has 0 spiro atoms. The highest BCUT2D eigenvalue weighted by atomic mass is 19.1. The van der Waals surface area contributed by atoms with E-state index >= 15 is 0 Å². The largest absolute Gasteiger partial charge is 0.353 e. The van der Waals surface area contributed by atoms with Crippen LogP contribution in [0, 0.1) is 18.2 Å². The van der Waals surface area contributed by atoms with E-state index < -0.39 is 0 Å². The lowest BCUT2D eigenvalue weighted by Crippen LogP contribution is -2.29. The molecule has 5 nitrogen and oxygen atoms in total. The van der Waals surface area contributed by atoms with Crippen LogP contribution in [0.1, 0.15) is 47.2 Å². The van der Waals surface area contributed by atoms with Crippen molar-refractivity contribution in [3.05, 3.63) is 125 Å². The molecule has 1 aliphatic heterocycles. The number of allylic oxidation sites excluding steroid dienone is 1. The molecule has 2 aromatic carbocycles. The molecule has 198 valence electrons. The van der Waals surface area contributed by atoms with Gasteiger partial charge in [0.1, 0.15) is 5.82 Å². The van der Waals surface area contributed by atoms with Gasteiger partial charge in [0.15, 0.2) is 0 Å². The topological polar surface area (TPSA) is 64.9 Å². The van der Waals surface area contributed by atoms with Crippen molar-refractivity contribution in [2.24, 2.45) is 0 Å². The second-order valence-electron chi connectivity index (χ2n) is 10.3. The lowest BCUT2D eigenvalue weighted by molar-refractivity contribution is 0.220. The highest BCUT2D eigenvalue weighted by molar-refractivity contribution is 6.13. The number of aryl methyl sites for hydroxylation is 1. The number of anilines is 1. The maximum atomic E-state index is 13.5. The van der Waals surface area contributed by atoms with Gasteiger partial charge in [-0.15, -0.1) is 0 Å². The summed E-state index contributed by atoms with van der Waals surface area (Å²) in [5, 5.41) is 12.1. The average molecular weight is 520 g/mol. The Bertz CT molecular complexity index is 1470. The molecular formula is C33H34FN5. The van der Waals surface area contributed by atoms with Crippen LogP contribution in [0.25, 0.3) is 11.1 Å². The van der Waals surface area contributed by atoms with E-state index in [-0.39, 0.29) is 5.82 Å². The molecule has 0 aliphatic carbocycles. The predicted octanol–water partition coefficient (Wildman–Crippen LogP) is 7.16. The highest BCUT2D eigenvalue weighted by Gasteiger charge is 2.14. The molecule has 2 aromatic heterocycles. The Morgan fingerprint density at radius 2 is 1.79 bits per heavy atom. The number of pyridine rings is 2. The van der Waals surface area contributed by atoms with E-state index in [1.54, 1.807) is 12.3 Å². The fourth-order valence-corrected chi connectivity index (χ4v) is 5.04. The van der Waals surface area contributed by atoms with Gasteiger partial charge in [-0.3, -0.25) is 20.3 Å². The molecule has 1 saturated heterocycles. The molecule has 0 saturated carbocycles. The smallest absolute Gasteiger partial charge is 0.123 e. The summed E-state index contributed by atoms with van der Waals surface area (Å²) >= 11 is 0. The number of nitrogens with one attached hydrogen (secondary N) is 2. The van der Waals surface area contributed by atoms with Crippen LogP contribution in [-0.4, -0.2) is 33.7 Å². The lowest BCUT2D eigenvalue weighted by atomic mass is 9.96. The molecule has 1 fully saturated rings. The molecule has 4 aromatic rings. The SMILES string of the molecule is C=C(Nc1ccc(Cc2cccc(F)c2)nc1)C(=N)c1cc(-c2cncc(CN3CCCCC3)c2)ccc1C. The van der Waals surface area contributed by atoms with E-state index in [0.717, 1.165) is 58.8 Å². The number of likely N-dealkylation sites (tertiary alicyclic amines) is 1. The third kappa shape index (κ3) is 6.84. The Morgan fingerprint density at radius 1 is 0.949 bits per heavy atom. The number of nitrogens with zero attached hydrogens (tertiary/aromatic N) is 3. The van der Waals surface area contributed by atoms with Crippen LogP contribution in [0.4, 0.5) is 10.1 Å². The molecule has 5 rings (SSSR count). The van der Waals surface area contributed by atoms with Gasteiger partial charge in [-0.25, -0.2) is 4.39 Å². The Morgan fingerprint density at radius 3 is 2.56 bits per heavy atom. The van der Waals surface area contributed by atoms with Crippen LogP contribution in [0.2, 0.25) is 0 Å². The Hall–Kier alpha value is -4.16. The summed E-state index contributed by atoms with van der Waals surface area (Å²) in [5.41, 5.74) is 8.41. The second-order valence-corrected chi connectivity index (χ2v) is 10.3. The van der Waals surface area contributed by atoms with E-state index in [4.69, 9.17) is 5.41 Å². The van der Waals surface area contributed by atoms with Gasteiger partial charge in [-0.2, -0.15) is 0 Å². The molecule has 0 amide bonds. The van der Waals surface area contributed by atoms with Gasteiger partial charge in [-0.1, -0.05) is 37.3 Å². The summed E-state index contributed by atoms with van der Waals surface area (Å²) in [6.07, 6.45) is 9.98. The van der Waals surface area contributed by atoms with Gasteiger partial charge < -0.3 is 5.32 Å². The van der Waals surface area contributed by atoms with Crippen LogP contribution >= 0.6 is 0 Å². The van der Waals surface area contributed by atoms with Crippen LogP contribution in [-0.2, 0) is 13.0 Å². The number of aromatic nitrogens is 2. The predicted molar refractivity (Wildman–Crippen MR) is 157 cm³/mol. The van der Waals surface area contributed by atoms with Crippen molar-refractivity contribution in [2.45, 2.75) is 39.2 Å². The zero-order valence-corrected chi connectivity index (χ0v) is 22.4. The first-order valence-electron chi connectivity index (χ1n) is 13.5. The first-order chi connectivity index (χ1) is 18.9. The lowest BCUT2D eigenvalue weighted by Gasteiger charge is -2.26. The summed E-state index contributed by atoms with van der Waals surface area (Å²) in [6.45, 7) is 9.35. The van der Waals surface area contributed by atoms with Crippen LogP contribution in [0.5, 0.6) is 0 Å². The minimum atomic E-state index is -0.249. The normalized spacial score (nSPS) is 13.7. The van der Waals surface area contributed by atoms with Crippen molar-refractivity contribution in [3.63, 3.8) is 0 Å². The Labute approximate surface area is 230 Å². The van der Waals surface area contributed by atoms with Crippen LogP contribution in [0.15, 0.2) is 91.5 Å². The molecule has 2 N–H and O–H groups in total. The number of rotatable bonds is 9. The van der Waals surface area contributed by atoms with Crippen molar-refractivity contribution in [2.75, 3.05) is 18.4 Å². The number of hydrogen-bond donors (Lipinski definition) is 2. The van der Waals surface area contributed by atoms with Gasteiger partial charge in [0.2, 0.25) is 0 Å². The van der Waals surface area contributed by atoms with Crippen molar-refractivity contribution in [1.29, 1.82) is 5.41 Å². The van der Waals surface area contributed by atoms with Crippen molar-refractivity contribution < 1.29 is 4.39 Å². The quantitative estimate of drug-likeness (QED) is 0.230. The van der Waals surface area contributed by atoms with E-state index in [2.05, 4.69) is 38.9 Å². The average Bonchev–Trinajstić information content (AvgIpc) is 2.95. The third-order valence-corrected chi connectivity index (χ3v) is 7.19. The van der Waals surface area contributed by atoms with E-state index in [1.165, 1.54) is 37.0 Å². The van der Waals surface area contributed by atoms with Gasteiger partial charge in [0, 0.05) is 42.2 Å². The summed E-state index contributed by atoms with van der Waals surface area (Å²) in [4.78, 5) is 11.5. The molecule has 1 aliphatic rings. The van der Waals surface area contributed by atoms with E-state index in [0.29, 0.717) is 17.8 Å². The molecule has 0 bridgehead atoms. The minimum Gasteiger partial charge on any atom is -0.353 e. The molecule has 3 heterocycles. The van der Waals surface area contributed by atoms with Crippen molar-refractivity contribution in [1.82, 2.24) is 14.9 Å². The summed E-state index contributed by atoms with van der Waals surface area (Å²) in [5.74, 6) is -0.249. The van der Waals surface area contributed by atoms with Crippen LogP contribution < -0.4 is 5.32 Å². The number of halogens is 1. The van der Waals surface area contributed by atoms with Gasteiger partial charge in [0.05, 0.1) is 23.3 Å². The summed E-state index contributed by atoms with van der Waals surface area (Å²) < 4.78 is 13.5. The Balaban J connectivity index is 1.26. The minimum absolute atomic E-state index is 0.249. The third-order valence-electron chi connectivity index (χ3n) is 7.19.